The summed E-state index contributed by atoms with van der Waals surface area (Å²) < 4.78 is 1.04. The molecule has 0 fully saturated rings. The first-order chi connectivity index (χ1) is 15.5. The summed E-state index contributed by atoms with van der Waals surface area (Å²) in [5.41, 5.74) is 4.86. The minimum absolute atomic E-state index is 0.0525. The quantitative estimate of drug-likeness (QED) is 0.242. The molecular formula is C26H33BrN4O. The minimum atomic E-state index is -0.0525. The number of aryl methyl sites for hydroxylation is 2. The predicted octanol–water partition coefficient (Wildman–Crippen LogP) is 7.12. The van der Waals surface area contributed by atoms with Crippen molar-refractivity contribution in [2.24, 2.45) is 0 Å². The second-order valence-electron chi connectivity index (χ2n) is 8.83. The van der Waals surface area contributed by atoms with E-state index in [0.717, 1.165) is 68.9 Å². The average molecular weight is 497 g/mol. The van der Waals surface area contributed by atoms with Crippen molar-refractivity contribution < 1.29 is 0 Å². The number of nitrogens with one attached hydrogen (secondary N) is 2. The Kier molecular flexibility index (Phi) is 6.89. The molecule has 0 bridgehead atoms. The largest absolute Gasteiger partial charge is 0.354 e. The number of unbranched alkanes of at least 4 members (excludes halogenated alkanes) is 4. The van der Waals surface area contributed by atoms with Crippen molar-refractivity contribution in [3.8, 4) is 0 Å². The third kappa shape index (κ3) is 4.17. The number of aromatic amines is 2. The maximum atomic E-state index is 13.3. The van der Waals surface area contributed by atoms with Gasteiger partial charge in [-0.15, -0.1) is 0 Å². The van der Waals surface area contributed by atoms with E-state index < -0.39 is 0 Å². The lowest BCUT2D eigenvalue weighted by Gasteiger charge is -2.24. The topological polar surface area (TPSA) is 64.8 Å². The van der Waals surface area contributed by atoms with Crippen LogP contribution in [-0.2, 0) is 0 Å². The Bertz CT molecular complexity index is 1310. The summed E-state index contributed by atoms with van der Waals surface area (Å²) >= 11 is 3.61. The average Bonchev–Trinajstić information content (AvgIpc) is 3.15. The number of anilines is 1. The molecule has 0 aliphatic rings. The van der Waals surface area contributed by atoms with Crippen LogP contribution < -0.4 is 10.5 Å². The van der Waals surface area contributed by atoms with Crippen LogP contribution in [0.1, 0.15) is 63.5 Å². The van der Waals surface area contributed by atoms with Crippen LogP contribution in [0, 0.1) is 13.8 Å². The fraction of sp³-hybridized carbons (Fsp3) is 0.462. The first kappa shape index (κ1) is 22.8. The zero-order valence-corrected chi connectivity index (χ0v) is 21.2. The zero-order valence-electron chi connectivity index (χ0n) is 19.6. The van der Waals surface area contributed by atoms with E-state index in [4.69, 9.17) is 4.98 Å². The van der Waals surface area contributed by atoms with Gasteiger partial charge in [-0.2, -0.15) is 0 Å². The smallest absolute Gasteiger partial charge is 0.260 e. The number of benzene rings is 2. The maximum absolute atomic E-state index is 13.3. The molecular weight excluding hydrogens is 464 g/mol. The van der Waals surface area contributed by atoms with Crippen molar-refractivity contribution in [3.05, 3.63) is 44.2 Å². The molecule has 0 saturated carbocycles. The lowest BCUT2D eigenvalue weighted by molar-refractivity contribution is 0.626. The van der Waals surface area contributed by atoms with Crippen LogP contribution in [0.25, 0.3) is 32.7 Å². The van der Waals surface area contributed by atoms with Gasteiger partial charge in [0.1, 0.15) is 0 Å². The number of fused-ring (bicyclic) bond motifs is 4. The number of rotatable bonds is 9. The Morgan fingerprint density at radius 3 is 2.28 bits per heavy atom. The van der Waals surface area contributed by atoms with Gasteiger partial charge in [0.05, 0.1) is 16.4 Å². The van der Waals surface area contributed by atoms with Crippen LogP contribution in [0.5, 0.6) is 0 Å². The normalized spacial score (nSPS) is 11.8. The van der Waals surface area contributed by atoms with Crippen LogP contribution in [0.2, 0.25) is 0 Å². The predicted molar refractivity (Wildman–Crippen MR) is 140 cm³/mol. The lowest BCUT2D eigenvalue weighted by Crippen LogP contribution is -2.30. The van der Waals surface area contributed by atoms with Crippen molar-refractivity contribution in [1.82, 2.24) is 15.0 Å². The number of H-pyrrole nitrogens is 2. The summed E-state index contributed by atoms with van der Waals surface area (Å²) in [6, 6.07) is 6.26. The Morgan fingerprint density at radius 1 is 0.938 bits per heavy atom. The molecule has 6 heteroatoms. The van der Waals surface area contributed by atoms with Gasteiger partial charge < -0.3 is 9.88 Å². The van der Waals surface area contributed by atoms with E-state index in [-0.39, 0.29) is 5.56 Å². The van der Waals surface area contributed by atoms with E-state index >= 15 is 0 Å². The molecule has 0 amide bonds. The van der Waals surface area contributed by atoms with E-state index in [0.29, 0.717) is 11.3 Å². The van der Waals surface area contributed by atoms with Crippen molar-refractivity contribution in [2.75, 3.05) is 18.0 Å². The Balaban J connectivity index is 1.91. The van der Waals surface area contributed by atoms with Crippen LogP contribution in [0.15, 0.2) is 27.5 Å². The molecule has 2 heterocycles. The first-order valence-electron chi connectivity index (χ1n) is 11.8. The Labute approximate surface area is 197 Å². The molecule has 0 unspecified atom stereocenters. The van der Waals surface area contributed by atoms with Gasteiger partial charge in [-0.05, 0) is 56.0 Å². The highest BCUT2D eigenvalue weighted by Gasteiger charge is 2.19. The third-order valence-electron chi connectivity index (χ3n) is 6.51. The number of nitrogens with zero attached hydrogens (tertiary/aromatic N) is 2. The summed E-state index contributed by atoms with van der Waals surface area (Å²) in [5, 5.41) is 2.99. The highest BCUT2D eigenvalue weighted by atomic mass is 79.9. The fourth-order valence-electron chi connectivity index (χ4n) is 4.74. The molecule has 0 aliphatic carbocycles. The molecule has 0 radical (unpaired) electrons. The maximum Gasteiger partial charge on any atom is 0.260 e. The number of halogens is 1. The molecule has 5 nitrogen and oxygen atoms in total. The minimum Gasteiger partial charge on any atom is -0.354 e. The molecule has 170 valence electrons. The molecule has 0 atom stereocenters. The SMILES string of the molecule is CCCCCN(CCCCC)c1nc2c(C)c3c([nH]c4ccc(Br)cc43)c(C)c2c(=O)[nH]1. The molecule has 0 aliphatic heterocycles. The van der Waals surface area contributed by atoms with E-state index in [1.54, 1.807) is 0 Å². The molecule has 2 aromatic heterocycles. The van der Waals surface area contributed by atoms with Gasteiger partial charge in [0.15, 0.2) is 0 Å². The molecule has 4 aromatic rings. The number of hydrogen-bond donors (Lipinski definition) is 2. The molecule has 2 N–H and O–H groups in total. The van der Waals surface area contributed by atoms with Gasteiger partial charge in [0.25, 0.3) is 5.56 Å². The molecule has 32 heavy (non-hydrogen) atoms. The third-order valence-corrected chi connectivity index (χ3v) is 7.00. The van der Waals surface area contributed by atoms with Gasteiger partial charge >= 0.3 is 0 Å². The van der Waals surface area contributed by atoms with E-state index in [9.17, 15) is 4.79 Å². The fourth-order valence-corrected chi connectivity index (χ4v) is 5.10. The van der Waals surface area contributed by atoms with Crippen LogP contribution in [0.4, 0.5) is 5.95 Å². The molecule has 0 spiro atoms. The lowest BCUT2D eigenvalue weighted by atomic mass is 10.00. The summed E-state index contributed by atoms with van der Waals surface area (Å²) in [7, 11) is 0. The van der Waals surface area contributed by atoms with Crippen molar-refractivity contribution in [1.29, 1.82) is 0 Å². The Hall–Kier alpha value is -2.34. The summed E-state index contributed by atoms with van der Waals surface area (Å²) in [4.78, 5) is 27.3. The van der Waals surface area contributed by atoms with Crippen LogP contribution in [-0.4, -0.2) is 28.0 Å². The van der Waals surface area contributed by atoms with Crippen LogP contribution in [0.3, 0.4) is 0 Å². The summed E-state index contributed by atoms with van der Waals surface area (Å²) in [6.07, 6.45) is 6.94. The highest BCUT2D eigenvalue weighted by molar-refractivity contribution is 9.10. The van der Waals surface area contributed by atoms with E-state index in [2.05, 4.69) is 63.7 Å². The molecule has 0 saturated heterocycles. The van der Waals surface area contributed by atoms with E-state index in [1.165, 1.54) is 25.7 Å². The first-order valence-corrected chi connectivity index (χ1v) is 12.6. The van der Waals surface area contributed by atoms with Gasteiger partial charge in [0, 0.05) is 33.9 Å². The summed E-state index contributed by atoms with van der Waals surface area (Å²) in [6.45, 7) is 10.4. The highest BCUT2D eigenvalue weighted by Crippen LogP contribution is 2.36. The molecule has 4 rings (SSSR count). The summed E-state index contributed by atoms with van der Waals surface area (Å²) in [5.74, 6) is 0.706. The second kappa shape index (κ2) is 9.65. The van der Waals surface area contributed by atoms with Gasteiger partial charge in [-0.3, -0.25) is 9.78 Å². The van der Waals surface area contributed by atoms with Gasteiger partial charge in [-0.25, -0.2) is 4.98 Å². The van der Waals surface area contributed by atoms with Gasteiger partial charge in [-0.1, -0.05) is 55.5 Å². The van der Waals surface area contributed by atoms with Crippen molar-refractivity contribution >= 4 is 54.6 Å². The second-order valence-corrected chi connectivity index (χ2v) is 9.74. The van der Waals surface area contributed by atoms with Crippen molar-refractivity contribution in [3.63, 3.8) is 0 Å². The Morgan fingerprint density at radius 2 is 1.62 bits per heavy atom. The molecule has 2 aromatic carbocycles. The zero-order chi connectivity index (χ0) is 22.8. The monoisotopic (exact) mass is 496 g/mol. The standard InChI is InChI=1S/C26H33BrN4O/c1-5-7-9-13-31(14-10-8-6-2)26-29-24-16(3)21-19-15-18(27)11-12-20(19)28-23(21)17(4)22(24)25(32)30-26/h11-12,15,28H,5-10,13-14H2,1-4H3,(H,29,30,32). The van der Waals surface area contributed by atoms with Crippen LogP contribution >= 0.6 is 15.9 Å². The number of hydrogen-bond acceptors (Lipinski definition) is 3. The van der Waals surface area contributed by atoms with Crippen molar-refractivity contribution in [2.45, 2.75) is 66.2 Å². The van der Waals surface area contributed by atoms with Gasteiger partial charge in [0.2, 0.25) is 5.95 Å². The number of aromatic nitrogens is 3. The van der Waals surface area contributed by atoms with E-state index in [1.807, 2.05) is 13.0 Å².